The SMILES string of the molecule is O=C1CCC(C(=O)Nc2ccc([N+](=O)[O-])cc2O)N1. The highest BCUT2D eigenvalue weighted by Crippen LogP contribution is 2.28. The number of hydrogen-bond acceptors (Lipinski definition) is 5. The largest absolute Gasteiger partial charge is 0.506 e. The number of benzene rings is 1. The van der Waals surface area contributed by atoms with Crippen molar-refractivity contribution in [2.24, 2.45) is 0 Å². The molecule has 0 spiro atoms. The average Bonchev–Trinajstić information content (AvgIpc) is 2.78. The molecule has 1 fully saturated rings. The van der Waals surface area contributed by atoms with Crippen molar-refractivity contribution in [2.45, 2.75) is 18.9 Å². The monoisotopic (exact) mass is 265 g/mol. The molecular weight excluding hydrogens is 254 g/mol. The van der Waals surface area contributed by atoms with Gasteiger partial charge in [-0.2, -0.15) is 0 Å². The summed E-state index contributed by atoms with van der Waals surface area (Å²) in [4.78, 5) is 32.6. The molecule has 0 aliphatic carbocycles. The molecule has 0 bridgehead atoms. The van der Waals surface area contributed by atoms with Gasteiger partial charge in [0.25, 0.3) is 5.69 Å². The van der Waals surface area contributed by atoms with E-state index < -0.39 is 22.6 Å². The zero-order valence-corrected chi connectivity index (χ0v) is 9.75. The number of amides is 2. The molecule has 2 amide bonds. The quantitative estimate of drug-likeness (QED) is 0.417. The third kappa shape index (κ3) is 2.79. The van der Waals surface area contributed by atoms with Crippen LogP contribution < -0.4 is 10.6 Å². The smallest absolute Gasteiger partial charge is 0.273 e. The summed E-state index contributed by atoms with van der Waals surface area (Å²) in [6.45, 7) is 0. The fraction of sp³-hybridized carbons (Fsp3) is 0.273. The lowest BCUT2D eigenvalue weighted by atomic mass is 10.2. The van der Waals surface area contributed by atoms with Crippen molar-refractivity contribution in [3.63, 3.8) is 0 Å². The van der Waals surface area contributed by atoms with Crippen LogP contribution in [0.15, 0.2) is 18.2 Å². The zero-order valence-electron chi connectivity index (χ0n) is 9.75. The van der Waals surface area contributed by atoms with E-state index in [9.17, 15) is 24.8 Å². The number of nitrogens with one attached hydrogen (secondary N) is 2. The van der Waals surface area contributed by atoms with E-state index in [4.69, 9.17) is 0 Å². The Balaban J connectivity index is 2.09. The molecule has 1 unspecified atom stereocenters. The van der Waals surface area contributed by atoms with Crippen LogP contribution in [-0.2, 0) is 9.59 Å². The molecule has 0 aromatic heterocycles. The predicted octanol–water partition coefficient (Wildman–Crippen LogP) is 0.517. The van der Waals surface area contributed by atoms with Crippen LogP contribution in [0.1, 0.15) is 12.8 Å². The Labute approximate surface area is 107 Å². The summed E-state index contributed by atoms with van der Waals surface area (Å²) >= 11 is 0. The lowest BCUT2D eigenvalue weighted by molar-refractivity contribution is -0.384. The highest BCUT2D eigenvalue weighted by Gasteiger charge is 2.27. The summed E-state index contributed by atoms with van der Waals surface area (Å²) in [5, 5.41) is 25.0. The first-order valence-electron chi connectivity index (χ1n) is 5.55. The second-order valence-corrected chi connectivity index (χ2v) is 4.11. The van der Waals surface area contributed by atoms with Gasteiger partial charge < -0.3 is 15.7 Å². The summed E-state index contributed by atoms with van der Waals surface area (Å²) in [5.74, 6) is -1.06. The third-order valence-electron chi connectivity index (χ3n) is 2.76. The Morgan fingerprint density at radius 1 is 1.53 bits per heavy atom. The van der Waals surface area contributed by atoms with E-state index >= 15 is 0 Å². The minimum atomic E-state index is -0.650. The summed E-state index contributed by atoms with van der Waals surface area (Å²) in [5.41, 5.74) is -0.207. The summed E-state index contributed by atoms with van der Waals surface area (Å²) in [6.07, 6.45) is 0.669. The van der Waals surface area contributed by atoms with Crippen LogP contribution in [0.5, 0.6) is 5.75 Å². The number of anilines is 1. The van der Waals surface area contributed by atoms with Gasteiger partial charge in [-0.3, -0.25) is 19.7 Å². The van der Waals surface area contributed by atoms with Crippen molar-refractivity contribution in [3.05, 3.63) is 28.3 Å². The summed E-state index contributed by atoms with van der Waals surface area (Å²) in [6, 6.07) is 2.72. The minimum Gasteiger partial charge on any atom is -0.506 e. The van der Waals surface area contributed by atoms with Crippen LogP contribution >= 0.6 is 0 Å². The van der Waals surface area contributed by atoms with Gasteiger partial charge in [0, 0.05) is 12.5 Å². The molecule has 0 saturated carbocycles. The predicted molar refractivity (Wildman–Crippen MR) is 64.6 cm³/mol. The Bertz CT molecular complexity index is 557. The Hall–Kier alpha value is -2.64. The second-order valence-electron chi connectivity index (χ2n) is 4.11. The van der Waals surface area contributed by atoms with Crippen molar-refractivity contribution in [3.8, 4) is 5.75 Å². The Kier molecular flexibility index (Phi) is 3.32. The summed E-state index contributed by atoms with van der Waals surface area (Å²) in [7, 11) is 0. The zero-order chi connectivity index (χ0) is 14.0. The second kappa shape index (κ2) is 4.92. The van der Waals surface area contributed by atoms with Gasteiger partial charge in [-0.15, -0.1) is 0 Å². The molecule has 8 nitrogen and oxygen atoms in total. The van der Waals surface area contributed by atoms with Gasteiger partial charge in [-0.1, -0.05) is 0 Å². The highest BCUT2D eigenvalue weighted by atomic mass is 16.6. The molecule has 1 aromatic rings. The molecular formula is C11H11N3O5. The van der Waals surface area contributed by atoms with Crippen molar-refractivity contribution < 1.29 is 19.6 Å². The van der Waals surface area contributed by atoms with Gasteiger partial charge in [0.2, 0.25) is 11.8 Å². The topological polar surface area (TPSA) is 122 Å². The molecule has 1 atom stereocenters. The number of carbonyl (C=O) groups is 2. The fourth-order valence-corrected chi connectivity index (χ4v) is 1.77. The van der Waals surface area contributed by atoms with E-state index in [0.29, 0.717) is 6.42 Å². The van der Waals surface area contributed by atoms with Gasteiger partial charge in [0.15, 0.2) is 0 Å². The number of phenolic OH excluding ortho intramolecular Hbond substituents is 1. The maximum absolute atomic E-state index is 11.8. The minimum absolute atomic E-state index is 0.0664. The molecule has 1 aromatic carbocycles. The first-order valence-corrected chi connectivity index (χ1v) is 5.55. The average molecular weight is 265 g/mol. The number of nitro groups is 1. The molecule has 19 heavy (non-hydrogen) atoms. The molecule has 0 radical (unpaired) electrons. The molecule has 8 heteroatoms. The highest BCUT2D eigenvalue weighted by molar-refractivity contribution is 5.99. The van der Waals surface area contributed by atoms with E-state index in [1.165, 1.54) is 12.1 Å². The standard InChI is InChI=1S/C11H11N3O5/c15-9-5-6(14(18)19)1-2-7(9)13-11(17)8-3-4-10(16)12-8/h1-2,5,8,15H,3-4H2,(H,12,16)(H,13,17). The van der Waals surface area contributed by atoms with Gasteiger partial charge in [0.1, 0.15) is 11.8 Å². The molecule has 3 N–H and O–H groups in total. The number of rotatable bonds is 3. The Morgan fingerprint density at radius 3 is 2.79 bits per heavy atom. The first kappa shape index (κ1) is 12.8. The van der Waals surface area contributed by atoms with Gasteiger partial charge in [-0.25, -0.2) is 0 Å². The van der Waals surface area contributed by atoms with Crippen LogP contribution in [0.4, 0.5) is 11.4 Å². The maximum Gasteiger partial charge on any atom is 0.273 e. The van der Waals surface area contributed by atoms with Crippen LogP contribution in [0.3, 0.4) is 0 Å². The molecule has 1 heterocycles. The van der Waals surface area contributed by atoms with Crippen molar-refractivity contribution in [2.75, 3.05) is 5.32 Å². The van der Waals surface area contributed by atoms with E-state index in [1.807, 2.05) is 0 Å². The number of hydrogen-bond donors (Lipinski definition) is 3. The Morgan fingerprint density at radius 2 is 2.26 bits per heavy atom. The molecule has 1 aliphatic heterocycles. The van der Waals surface area contributed by atoms with Crippen molar-refractivity contribution in [1.29, 1.82) is 0 Å². The number of carbonyl (C=O) groups excluding carboxylic acids is 2. The van der Waals surface area contributed by atoms with E-state index in [-0.39, 0.29) is 23.7 Å². The van der Waals surface area contributed by atoms with Crippen LogP contribution in [0.2, 0.25) is 0 Å². The van der Waals surface area contributed by atoms with Gasteiger partial charge >= 0.3 is 0 Å². The number of non-ortho nitro benzene ring substituents is 1. The lowest BCUT2D eigenvalue weighted by Crippen LogP contribution is -2.37. The third-order valence-corrected chi connectivity index (χ3v) is 2.76. The number of phenols is 1. The number of nitro benzene ring substituents is 1. The number of aromatic hydroxyl groups is 1. The van der Waals surface area contributed by atoms with Crippen LogP contribution in [0.25, 0.3) is 0 Å². The lowest BCUT2D eigenvalue weighted by Gasteiger charge is -2.11. The van der Waals surface area contributed by atoms with Crippen molar-refractivity contribution >= 4 is 23.2 Å². The van der Waals surface area contributed by atoms with Crippen LogP contribution in [0, 0.1) is 10.1 Å². The van der Waals surface area contributed by atoms with E-state index in [0.717, 1.165) is 6.07 Å². The van der Waals surface area contributed by atoms with E-state index in [2.05, 4.69) is 10.6 Å². The van der Waals surface area contributed by atoms with Gasteiger partial charge in [0.05, 0.1) is 16.7 Å². The molecule has 100 valence electrons. The van der Waals surface area contributed by atoms with E-state index in [1.54, 1.807) is 0 Å². The number of nitrogens with zero attached hydrogens (tertiary/aromatic N) is 1. The maximum atomic E-state index is 11.8. The molecule has 1 aliphatic rings. The van der Waals surface area contributed by atoms with Gasteiger partial charge in [-0.05, 0) is 12.5 Å². The normalized spacial score (nSPS) is 17.9. The first-order chi connectivity index (χ1) is 8.97. The fourth-order valence-electron chi connectivity index (χ4n) is 1.77. The molecule has 2 rings (SSSR count). The molecule has 1 saturated heterocycles. The van der Waals surface area contributed by atoms with Crippen LogP contribution in [-0.4, -0.2) is 27.9 Å². The summed E-state index contributed by atoms with van der Waals surface area (Å²) < 4.78 is 0. The van der Waals surface area contributed by atoms with Crippen molar-refractivity contribution in [1.82, 2.24) is 5.32 Å².